The Kier molecular flexibility index (Phi) is 7.48. The molecule has 0 spiro atoms. The van der Waals surface area contributed by atoms with Crippen molar-refractivity contribution >= 4 is 21.6 Å². The minimum Gasteiger partial charge on any atom is -0.484 e. The van der Waals surface area contributed by atoms with Crippen molar-refractivity contribution in [1.29, 1.82) is 0 Å². The molecule has 0 aliphatic carbocycles. The van der Waals surface area contributed by atoms with Crippen LogP contribution in [-0.4, -0.2) is 69.4 Å². The third-order valence-electron chi connectivity index (χ3n) is 7.12. The van der Waals surface area contributed by atoms with Gasteiger partial charge in [0.25, 0.3) is 5.91 Å². The Hall–Kier alpha value is -2.58. The van der Waals surface area contributed by atoms with E-state index < -0.39 is 10.0 Å². The number of rotatable bonds is 6. The molecule has 7 nitrogen and oxygen atoms in total. The van der Waals surface area contributed by atoms with Crippen molar-refractivity contribution < 1.29 is 17.9 Å². The van der Waals surface area contributed by atoms with E-state index in [1.807, 2.05) is 4.90 Å². The molecule has 2 heterocycles. The van der Waals surface area contributed by atoms with E-state index in [4.69, 9.17) is 4.74 Å². The van der Waals surface area contributed by atoms with Gasteiger partial charge < -0.3 is 14.5 Å². The van der Waals surface area contributed by atoms with E-state index in [9.17, 15) is 13.2 Å². The van der Waals surface area contributed by atoms with Gasteiger partial charge in [-0.2, -0.15) is 4.31 Å². The molecular formula is C26H35N3O4S. The standard InChI is InChI=1S/C26H35N3O4S/c1-20-11-13-29(14-12-20)34(31,32)24-9-7-23(8-10-24)33-19-26(30)28-17-15-27(16-18-28)25-6-4-5-21(2)22(25)3/h4-10,20H,11-19H2,1-3H3. The fourth-order valence-electron chi connectivity index (χ4n) is 4.59. The van der Waals surface area contributed by atoms with Crippen LogP contribution in [0.15, 0.2) is 47.4 Å². The van der Waals surface area contributed by atoms with Crippen LogP contribution in [0.2, 0.25) is 0 Å². The zero-order valence-electron chi connectivity index (χ0n) is 20.4. The number of anilines is 1. The van der Waals surface area contributed by atoms with Crippen LogP contribution in [0.4, 0.5) is 5.69 Å². The lowest BCUT2D eigenvalue weighted by molar-refractivity contribution is -0.133. The third kappa shape index (κ3) is 5.39. The second-order valence-corrected chi connectivity index (χ2v) is 11.4. The van der Waals surface area contributed by atoms with Crippen molar-refractivity contribution in [3.05, 3.63) is 53.6 Å². The Morgan fingerprint density at radius 2 is 1.59 bits per heavy atom. The molecule has 0 bridgehead atoms. The Morgan fingerprint density at radius 3 is 2.24 bits per heavy atom. The van der Waals surface area contributed by atoms with Gasteiger partial charge in [0.2, 0.25) is 10.0 Å². The first-order valence-electron chi connectivity index (χ1n) is 12.1. The van der Waals surface area contributed by atoms with Crippen LogP contribution in [0.25, 0.3) is 0 Å². The number of hydrogen-bond acceptors (Lipinski definition) is 5. The van der Waals surface area contributed by atoms with Crippen LogP contribution in [0.1, 0.15) is 30.9 Å². The molecule has 2 aliphatic heterocycles. The molecule has 0 unspecified atom stereocenters. The third-order valence-corrected chi connectivity index (χ3v) is 9.03. The first-order chi connectivity index (χ1) is 16.3. The van der Waals surface area contributed by atoms with E-state index in [1.54, 1.807) is 28.6 Å². The van der Waals surface area contributed by atoms with E-state index in [1.165, 1.54) is 16.8 Å². The van der Waals surface area contributed by atoms with Gasteiger partial charge in [-0.25, -0.2) is 8.42 Å². The topological polar surface area (TPSA) is 70.2 Å². The number of aryl methyl sites for hydroxylation is 1. The summed E-state index contributed by atoms with van der Waals surface area (Å²) in [5, 5.41) is 0. The van der Waals surface area contributed by atoms with E-state index in [2.05, 4.69) is 43.9 Å². The number of piperidine rings is 1. The molecule has 0 saturated carbocycles. The zero-order valence-corrected chi connectivity index (χ0v) is 21.2. The van der Waals surface area contributed by atoms with E-state index in [0.717, 1.165) is 25.9 Å². The molecule has 2 aromatic rings. The van der Waals surface area contributed by atoms with E-state index in [0.29, 0.717) is 37.8 Å². The first kappa shape index (κ1) is 24.5. The summed E-state index contributed by atoms with van der Waals surface area (Å²) in [7, 11) is -3.49. The van der Waals surface area contributed by atoms with Crippen molar-refractivity contribution in [1.82, 2.24) is 9.21 Å². The largest absolute Gasteiger partial charge is 0.484 e. The second kappa shape index (κ2) is 10.4. The van der Waals surface area contributed by atoms with Crippen molar-refractivity contribution in [3.63, 3.8) is 0 Å². The zero-order chi connectivity index (χ0) is 24.3. The monoisotopic (exact) mass is 485 g/mol. The van der Waals surface area contributed by atoms with Crippen LogP contribution in [-0.2, 0) is 14.8 Å². The average molecular weight is 486 g/mol. The van der Waals surface area contributed by atoms with Crippen LogP contribution in [0.3, 0.4) is 0 Å². The smallest absolute Gasteiger partial charge is 0.260 e. The van der Waals surface area contributed by atoms with Gasteiger partial charge in [-0.1, -0.05) is 19.1 Å². The van der Waals surface area contributed by atoms with E-state index >= 15 is 0 Å². The van der Waals surface area contributed by atoms with E-state index in [-0.39, 0.29) is 17.4 Å². The number of ether oxygens (including phenoxy) is 1. The lowest BCUT2D eigenvalue weighted by Crippen LogP contribution is -2.50. The molecule has 2 aromatic carbocycles. The molecule has 4 rings (SSSR count). The number of benzene rings is 2. The quantitative estimate of drug-likeness (QED) is 0.627. The minimum absolute atomic E-state index is 0.0558. The predicted octanol–water partition coefficient (Wildman–Crippen LogP) is 3.45. The normalized spacial score (nSPS) is 18.2. The molecule has 0 atom stereocenters. The summed E-state index contributed by atoms with van der Waals surface area (Å²) in [5.41, 5.74) is 3.79. The highest BCUT2D eigenvalue weighted by Crippen LogP contribution is 2.26. The Labute approximate surface area is 203 Å². The number of carbonyl (C=O) groups is 1. The predicted molar refractivity (Wildman–Crippen MR) is 134 cm³/mol. The molecule has 0 N–H and O–H groups in total. The molecule has 2 saturated heterocycles. The SMILES string of the molecule is Cc1cccc(N2CCN(C(=O)COc3ccc(S(=O)(=O)N4CCC(C)CC4)cc3)CC2)c1C. The molecule has 184 valence electrons. The summed E-state index contributed by atoms with van der Waals surface area (Å²) in [5.74, 6) is 1.00. The summed E-state index contributed by atoms with van der Waals surface area (Å²) >= 11 is 0. The highest BCUT2D eigenvalue weighted by atomic mass is 32.2. The maximum Gasteiger partial charge on any atom is 0.260 e. The van der Waals surface area contributed by atoms with Crippen molar-refractivity contribution in [2.75, 3.05) is 50.8 Å². The van der Waals surface area contributed by atoms with Crippen LogP contribution < -0.4 is 9.64 Å². The second-order valence-electron chi connectivity index (χ2n) is 9.43. The summed E-state index contributed by atoms with van der Waals surface area (Å²) in [6, 6.07) is 12.7. The molecule has 1 amide bonds. The van der Waals surface area contributed by atoms with Crippen LogP contribution >= 0.6 is 0 Å². The van der Waals surface area contributed by atoms with Gasteiger partial charge in [0.05, 0.1) is 4.90 Å². The lowest BCUT2D eigenvalue weighted by atomic mass is 10.0. The number of hydrogen-bond donors (Lipinski definition) is 0. The highest BCUT2D eigenvalue weighted by molar-refractivity contribution is 7.89. The van der Waals surface area contributed by atoms with Crippen molar-refractivity contribution in [2.45, 2.75) is 38.5 Å². The van der Waals surface area contributed by atoms with Gasteiger partial charge in [0, 0.05) is 45.0 Å². The van der Waals surface area contributed by atoms with Gasteiger partial charge in [-0.05, 0) is 74.1 Å². The molecule has 8 heteroatoms. The van der Waals surface area contributed by atoms with Gasteiger partial charge in [-0.3, -0.25) is 4.79 Å². The number of piperazine rings is 1. The van der Waals surface area contributed by atoms with Crippen LogP contribution in [0.5, 0.6) is 5.75 Å². The first-order valence-corrected chi connectivity index (χ1v) is 13.5. The lowest BCUT2D eigenvalue weighted by Gasteiger charge is -2.37. The maximum absolute atomic E-state index is 12.9. The Balaban J connectivity index is 1.28. The molecular weight excluding hydrogens is 450 g/mol. The summed E-state index contributed by atoms with van der Waals surface area (Å²) in [4.78, 5) is 17.1. The highest BCUT2D eigenvalue weighted by Gasteiger charge is 2.28. The van der Waals surface area contributed by atoms with Gasteiger partial charge >= 0.3 is 0 Å². The molecule has 0 radical (unpaired) electrons. The molecule has 0 aromatic heterocycles. The van der Waals surface area contributed by atoms with Gasteiger partial charge in [0.1, 0.15) is 5.75 Å². The number of nitrogens with zero attached hydrogens (tertiary/aromatic N) is 3. The maximum atomic E-state index is 12.9. The van der Waals surface area contributed by atoms with Gasteiger partial charge in [-0.15, -0.1) is 0 Å². The molecule has 34 heavy (non-hydrogen) atoms. The summed E-state index contributed by atoms with van der Waals surface area (Å²) < 4.78 is 33.0. The van der Waals surface area contributed by atoms with Crippen molar-refractivity contribution in [3.8, 4) is 5.75 Å². The van der Waals surface area contributed by atoms with Crippen molar-refractivity contribution in [2.24, 2.45) is 5.92 Å². The number of sulfonamides is 1. The Morgan fingerprint density at radius 1 is 0.941 bits per heavy atom. The number of carbonyl (C=O) groups excluding carboxylic acids is 1. The summed E-state index contributed by atoms with van der Waals surface area (Å²) in [6.45, 7) is 10.4. The molecule has 2 aliphatic rings. The van der Waals surface area contributed by atoms with Gasteiger partial charge in [0.15, 0.2) is 6.61 Å². The van der Waals surface area contributed by atoms with Crippen LogP contribution in [0, 0.1) is 19.8 Å². The average Bonchev–Trinajstić information content (AvgIpc) is 2.85. The fourth-order valence-corrected chi connectivity index (χ4v) is 6.06. The molecule has 2 fully saturated rings. The summed E-state index contributed by atoms with van der Waals surface area (Å²) in [6.07, 6.45) is 1.78. The fraction of sp³-hybridized carbons (Fsp3) is 0.500. The number of amides is 1. The minimum atomic E-state index is -3.49. The Bertz CT molecular complexity index is 1100.